The fraction of sp³-hybridized carbons (Fsp3) is 0.0588. The fourth-order valence-electron chi connectivity index (χ4n) is 2.12. The molecule has 27 heavy (non-hydrogen) atoms. The van der Waals surface area contributed by atoms with E-state index in [4.69, 9.17) is 39.2 Å². The molecule has 0 aliphatic heterocycles. The largest absolute Gasteiger partial charge is 0.444 e. The molecule has 0 radical (unpaired) electrons. The Labute approximate surface area is 165 Å². The Morgan fingerprint density at radius 1 is 1.00 bits per heavy atom. The second-order valence-corrected chi connectivity index (χ2v) is 6.53. The normalized spacial score (nSPS) is 11.5. The van der Waals surface area contributed by atoms with Crippen molar-refractivity contribution in [2.45, 2.75) is 6.18 Å². The first-order chi connectivity index (χ1) is 12.6. The van der Waals surface area contributed by atoms with Gasteiger partial charge in [-0.15, -0.1) is 0 Å². The molecular formula is C17H8Cl3F3N2O2. The van der Waals surface area contributed by atoms with Gasteiger partial charge in [0.05, 0.1) is 26.3 Å². The van der Waals surface area contributed by atoms with E-state index in [0.717, 1.165) is 18.4 Å². The number of carbonyl (C=O) groups is 1. The van der Waals surface area contributed by atoms with Crippen LogP contribution in [0.5, 0.6) is 0 Å². The minimum atomic E-state index is -4.45. The van der Waals surface area contributed by atoms with E-state index in [0.29, 0.717) is 0 Å². The molecule has 0 saturated carbocycles. The lowest BCUT2D eigenvalue weighted by atomic mass is 10.1. The SMILES string of the molecule is O=C(Nc1cc(Cl)c(Cl)cc1Cl)c1coc(-c2ccc(C(F)(F)F)cc2)n1. The molecule has 10 heteroatoms. The third-order valence-corrected chi connectivity index (χ3v) is 4.49. The Morgan fingerprint density at radius 3 is 2.26 bits per heavy atom. The van der Waals surface area contributed by atoms with Crippen LogP contribution in [0.4, 0.5) is 18.9 Å². The Kier molecular flexibility index (Phi) is 5.37. The molecule has 0 bridgehead atoms. The van der Waals surface area contributed by atoms with Crippen LogP contribution in [0.1, 0.15) is 16.1 Å². The molecule has 0 fully saturated rings. The molecule has 1 heterocycles. The molecule has 1 aromatic heterocycles. The summed E-state index contributed by atoms with van der Waals surface area (Å²) in [6, 6.07) is 6.94. The minimum Gasteiger partial charge on any atom is -0.444 e. The van der Waals surface area contributed by atoms with Crippen LogP contribution in [0.15, 0.2) is 47.1 Å². The van der Waals surface area contributed by atoms with Crippen LogP contribution in [-0.4, -0.2) is 10.9 Å². The van der Waals surface area contributed by atoms with Crippen LogP contribution >= 0.6 is 34.8 Å². The minimum absolute atomic E-state index is 0.00545. The number of alkyl halides is 3. The molecule has 1 N–H and O–H groups in total. The number of hydrogen-bond donors (Lipinski definition) is 1. The number of nitrogens with one attached hydrogen (secondary N) is 1. The molecule has 0 saturated heterocycles. The number of oxazole rings is 1. The molecular weight excluding hydrogens is 428 g/mol. The Morgan fingerprint density at radius 2 is 1.63 bits per heavy atom. The summed E-state index contributed by atoms with van der Waals surface area (Å²) < 4.78 is 43.0. The summed E-state index contributed by atoms with van der Waals surface area (Å²) in [6.45, 7) is 0. The molecule has 0 aliphatic carbocycles. The van der Waals surface area contributed by atoms with Crippen molar-refractivity contribution in [3.63, 3.8) is 0 Å². The van der Waals surface area contributed by atoms with Gasteiger partial charge < -0.3 is 9.73 Å². The predicted octanol–water partition coefficient (Wildman–Crippen LogP) is 6.57. The van der Waals surface area contributed by atoms with Crippen molar-refractivity contribution >= 4 is 46.4 Å². The van der Waals surface area contributed by atoms with Crippen molar-refractivity contribution in [3.05, 3.63) is 69.0 Å². The molecule has 1 amide bonds. The Hall–Kier alpha value is -2.22. The van der Waals surface area contributed by atoms with Gasteiger partial charge in [-0.1, -0.05) is 34.8 Å². The summed E-state index contributed by atoms with van der Waals surface area (Å²) in [5.41, 5.74) is -0.387. The lowest BCUT2D eigenvalue weighted by Gasteiger charge is -2.07. The average Bonchev–Trinajstić information content (AvgIpc) is 3.09. The number of halogens is 6. The van der Waals surface area contributed by atoms with E-state index in [1.165, 1.54) is 24.3 Å². The van der Waals surface area contributed by atoms with Crippen molar-refractivity contribution in [2.75, 3.05) is 5.32 Å². The maximum atomic E-state index is 12.6. The van der Waals surface area contributed by atoms with E-state index in [1.807, 2.05) is 0 Å². The first-order valence-electron chi connectivity index (χ1n) is 7.24. The van der Waals surface area contributed by atoms with E-state index < -0.39 is 17.6 Å². The molecule has 0 spiro atoms. The highest BCUT2D eigenvalue weighted by molar-refractivity contribution is 6.44. The molecule has 3 aromatic rings. The van der Waals surface area contributed by atoms with Gasteiger partial charge in [0.2, 0.25) is 5.89 Å². The zero-order valence-electron chi connectivity index (χ0n) is 13.1. The van der Waals surface area contributed by atoms with Crippen LogP contribution in [-0.2, 0) is 6.18 Å². The van der Waals surface area contributed by atoms with Crippen LogP contribution in [0.3, 0.4) is 0 Å². The van der Waals surface area contributed by atoms with E-state index >= 15 is 0 Å². The first-order valence-corrected chi connectivity index (χ1v) is 8.37. The summed E-state index contributed by atoms with van der Waals surface area (Å²) in [5, 5.41) is 3.10. The van der Waals surface area contributed by atoms with Crippen molar-refractivity contribution in [1.82, 2.24) is 4.98 Å². The van der Waals surface area contributed by atoms with E-state index in [1.54, 1.807) is 0 Å². The number of benzene rings is 2. The van der Waals surface area contributed by atoms with Crippen molar-refractivity contribution < 1.29 is 22.4 Å². The number of amides is 1. The van der Waals surface area contributed by atoms with Gasteiger partial charge in [0.25, 0.3) is 5.91 Å². The van der Waals surface area contributed by atoms with Crippen molar-refractivity contribution in [2.24, 2.45) is 0 Å². The van der Waals surface area contributed by atoms with Crippen LogP contribution in [0.25, 0.3) is 11.5 Å². The monoisotopic (exact) mass is 434 g/mol. The quantitative estimate of drug-likeness (QED) is 0.473. The zero-order valence-corrected chi connectivity index (χ0v) is 15.3. The van der Waals surface area contributed by atoms with Gasteiger partial charge in [-0.2, -0.15) is 13.2 Å². The van der Waals surface area contributed by atoms with Crippen LogP contribution < -0.4 is 5.32 Å². The lowest BCUT2D eigenvalue weighted by Crippen LogP contribution is -2.12. The maximum absolute atomic E-state index is 12.6. The summed E-state index contributed by atoms with van der Waals surface area (Å²) in [5.74, 6) is -0.647. The topological polar surface area (TPSA) is 55.1 Å². The Bertz CT molecular complexity index is 1000. The number of rotatable bonds is 3. The Balaban J connectivity index is 1.79. The molecule has 140 valence electrons. The summed E-state index contributed by atoms with van der Waals surface area (Å²) in [7, 11) is 0. The van der Waals surface area contributed by atoms with E-state index in [9.17, 15) is 18.0 Å². The predicted molar refractivity (Wildman–Crippen MR) is 96.4 cm³/mol. The summed E-state index contributed by atoms with van der Waals surface area (Å²) in [4.78, 5) is 16.3. The van der Waals surface area contributed by atoms with Crippen molar-refractivity contribution in [3.8, 4) is 11.5 Å². The number of nitrogens with zero attached hydrogens (tertiary/aromatic N) is 1. The van der Waals surface area contributed by atoms with Gasteiger partial charge in [0.15, 0.2) is 5.69 Å². The number of carbonyl (C=O) groups excluding carboxylic acids is 1. The van der Waals surface area contributed by atoms with Crippen LogP contribution in [0.2, 0.25) is 15.1 Å². The molecule has 0 aliphatic rings. The zero-order chi connectivity index (χ0) is 19.8. The second kappa shape index (κ2) is 7.42. The molecule has 2 aromatic carbocycles. The molecule has 0 atom stereocenters. The highest BCUT2D eigenvalue weighted by Crippen LogP contribution is 2.33. The lowest BCUT2D eigenvalue weighted by molar-refractivity contribution is -0.137. The molecule has 3 rings (SSSR count). The van der Waals surface area contributed by atoms with Gasteiger partial charge in [-0.05, 0) is 36.4 Å². The summed E-state index contributed by atoms with van der Waals surface area (Å²) in [6.07, 6.45) is -3.37. The molecule has 4 nitrogen and oxygen atoms in total. The third-order valence-electron chi connectivity index (χ3n) is 3.45. The third kappa shape index (κ3) is 4.37. The van der Waals surface area contributed by atoms with E-state index in [-0.39, 0.29) is 37.9 Å². The van der Waals surface area contributed by atoms with Gasteiger partial charge in [-0.3, -0.25) is 4.79 Å². The summed E-state index contributed by atoms with van der Waals surface area (Å²) >= 11 is 17.7. The van der Waals surface area contributed by atoms with E-state index in [2.05, 4.69) is 10.3 Å². The average molecular weight is 436 g/mol. The van der Waals surface area contributed by atoms with Crippen LogP contribution in [0, 0.1) is 0 Å². The standard InChI is InChI=1S/C17H8Cl3F3N2O2/c18-10-5-12(20)13(6-11(10)19)24-15(26)14-7-27-16(25-14)8-1-3-9(4-2-8)17(21,22)23/h1-7H,(H,24,26). The van der Waals surface area contributed by atoms with Gasteiger partial charge >= 0.3 is 6.18 Å². The first kappa shape index (κ1) is 19.5. The number of hydrogen-bond acceptors (Lipinski definition) is 3. The fourth-order valence-corrected chi connectivity index (χ4v) is 2.71. The molecule has 0 unspecified atom stereocenters. The number of anilines is 1. The highest BCUT2D eigenvalue weighted by Gasteiger charge is 2.30. The maximum Gasteiger partial charge on any atom is 0.416 e. The van der Waals surface area contributed by atoms with Gasteiger partial charge in [-0.25, -0.2) is 4.98 Å². The van der Waals surface area contributed by atoms with Gasteiger partial charge in [0.1, 0.15) is 6.26 Å². The van der Waals surface area contributed by atoms with Crippen molar-refractivity contribution in [1.29, 1.82) is 0 Å². The second-order valence-electron chi connectivity index (χ2n) is 5.31. The number of aromatic nitrogens is 1. The van der Waals surface area contributed by atoms with Gasteiger partial charge in [0, 0.05) is 5.56 Å². The highest BCUT2D eigenvalue weighted by atomic mass is 35.5. The smallest absolute Gasteiger partial charge is 0.416 e.